The Morgan fingerprint density at radius 1 is 1.57 bits per heavy atom. The van der Waals surface area contributed by atoms with Crippen LogP contribution in [-0.4, -0.2) is 22.9 Å². The molecule has 76 valence electrons. The van der Waals surface area contributed by atoms with Gasteiger partial charge in [0.05, 0.1) is 0 Å². The molecule has 1 aliphatic heterocycles. The smallest absolute Gasteiger partial charge is 0.0492 e. The van der Waals surface area contributed by atoms with Crippen LogP contribution in [0.2, 0.25) is 0 Å². The molecule has 1 saturated carbocycles. The summed E-state index contributed by atoms with van der Waals surface area (Å²) >= 11 is 0. The summed E-state index contributed by atoms with van der Waals surface area (Å²) in [6.45, 7) is 2.35. The van der Waals surface area contributed by atoms with Crippen LogP contribution in [0.4, 0.5) is 0 Å². The highest BCUT2D eigenvalue weighted by atomic mass is 15.3. The average Bonchev–Trinajstić information content (AvgIpc) is 2.67. The van der Waals surface area contributed by atoms with E-state index in [0.29, 0.717) is 11.3 Å². The maximum absolute atomic E-state index is 4.27. The van der Waals surface area contributed by atoms with Gasteiger partial charge in [-0.05, 0) is 24.3 Å². The van der Waals surface area contributed by atoms with Gasteiger partial charge in [-0.2, -0.15) is 5.10 Å². The Hall–Kier alpha value is -0.830. The molecule has 1 atom stereocenters. The maximum Gasteiger partial charge on any atom is 0.0492 e. The fourth-order valence-electron chi connectivity index (χ4n) is 3.11. The molecule has 0 radical (unpaired) electrons. The second-order valence-corrected chi connectivity index (χ2v) is 4.78. The monoisotopic (exact) mass is 191 g/mol. The Kier molecular flexibility index (Phi) is 1.71. The molecule has 1 saturated heterocycles. The lowest BCUT2D eigenvalue weighted by Gasteiger charge is -2.42. The van der Waals surface area contributed by atoms with E-state index in [2.05, 4.69) is 23.5 Å². The standard InChI is InChI=1S/C11H17N3/c1-14-10(3-6-13-14)9-7-12-8-11(9)4-2-5-11/h3,6,9,12H,2,4-5,7-8H2,1H3/t9-/m1/s1. The van der Waals surface area contributed by atoms with E-state index in [1.807, 2.05) is 10.9 Å². The summed E-state index contributed by atoms with van der Waals surface area (Å²) in [5.41, 5.74) is 1.99. The van der Waals surface area contributed by atoms with Crippen molar-refractivity contribution in [3.63, 3.8) is 0 Å². The fourth-order valence-corrected chi connectivity index (χ4v) is 3.11. The van der Waals surface area contributed by atoms with Gasteiger partial charge in [0.1, 0.15) is 0 Å². The fraction of sp³-hybridized carbons (Fsp3) is 0.727. The first kappa shape index (κ1) is 8.48. The minimum Gasteiger partial charge on any atom is -0.315 e. The molecule has 2 fully saturated rings. The molecule has 1 aromatic heterocycles. The highest BCUT2D eigenvalue weighted by Crippen LogP contribution is 2.53. The molecular formula is C11H17N3. The van der Waals surface area contributed by atoms with Gasteiger partial charge in [-0.1, -0.05) is 6.42 Å². The Bertz CT molecular complexity index is 338. The van der Waals surface area contributed by atoms with Crippen LogP contribution in [0.5, 0.6) is 0 Å². The van der Waals surface area contributed by atoms with Crippen molar-refractivity contribution in [2.45, 2.75) is 25.2 Å². The molecule has 1 N–H and O–H groups in total. The van der Waals surface area contributed by atoms with Crippen LogP contribution in [0.15, 0.2) is 12.3 Å². The van der Waals surface area contributed by atoms with Crippen molar-refractivity contribution in [2.75, 3.05) is 13.1 Å². The molecule has 0 aromatic carbocycles. The van der Waals surface area contributed by atoms with Crippen LogP contribution in [0.3, 0.4) is 0 Å². The quantitative estimate of drug-likeness (QED) is 0.724. The van der Waals surface area contributed by atoms with Crippen molar-refractivity contribution >= 4 is 0 Å². The minimum absolute atomic E-state index is 0.577. The minimum atomic E-state index is 0.577. The van der Waals surface area contributed by atoms with Crippen molar-refractivity contribution in [2.24, 2.45) is 12.5 Å². The van der Waals surface area contributed by atoms with Gasteiger partial charge < -0.3 is 5.32 Å². The summed E-state index contributed by atoms with van der Waals surface area (Å²) < 4.78 is 2.04. The maximum atomic E-state index is 4.27. The number of rotatable bonds is 1. The van der Waals surface area contributed by atoms with Crippen molar-refractivity contribution in [1.29, 1.82) is 0 Å². The third-order valence-electron chi connectivity index (χ3n) is 4.13. The molecule has 1 spiro atoms. The summed E-state index contributed by atoms with van der Waals surface area (Å²) in [6.07, 6.45) is 6.13. The Balaban J connectivity index is 1.94. The second-order valence-electron chi connectivity index (χ2n) is 4.78. The predicted molar refractivity (Wildman–Crippen MR) is 55.1 cm³/mol. The van der Waals surface area contributed by atoms with E-state index in [9.17, 15) is 0 Å². The summed E-state index contributed by atoms with van der Waals surface area (Å²) in [5, 5.41) is 7.81. The number of aromatic nitrogens is 2. The second kappa shape index (κ2) is 2.83. The third kappa shape index (κ3) is 0.989. The van der Waals surface area contributed by atoms with Gasteiger partial charge in [0.2, 0.25) is 0 Å². The topological polar surface area (TPSA) is 29.9 Å². The Morgan fingerprint density at radius 2 is 2.43 bits per heavy atom. The zero-order valence-corrected chi connectivity index (χ0v) is 8.66. The van der Waals surface area contributed by atoms with Crippen LogP contribution in [0.1, 0.15) is 30.9 Å². The molecule has 3 rings (SSSR count). The lowest BCUT2D eigenvalue weighted by atomic mass is 9.62. The highest BCUT2D eigenvalue weighted by molar-refractivity contribution is 5.19. The summed E-state index contributed by atoms with van der Waals surface area (Å²) in [6, 6.07) is 2.18. The molecule has 0 unspecified atom stereocenters. The molecule has 1 aromatic rings. The van der Waals surface area contributed by atoms with E-state index >= 15 is 0 Å². The van der Waals surface area contributed by atoms with Crippen molar-refractivity contribution < 1.29 is 0 Å². The van der Waals surface area contributed by atoms with E-state index in [4.69, 9.17) is 0 Å². The molecule has 0 amide bonds. The summed E-state index contributed by atoms with van der Waals surface area (Å²) in [5.74, 6) is 0.698. The Labute approximate surface area is 84.5 Å². The number of hydrogen-bond donors (Lipinski definition) is 1. The first-order valence-corrected chi connectivity index (χ1v) is 5.50. The lowest BCUT2D eigenvalue weighted by molar-refractivity contribution is 0.133. The number of aryl methyl sites for hydroxylation is 1. The first-order chi connectivity index (χ1) is 6.82. The number of nitrogens with zero attached hydrogens (tertiary/aromatic N) is 2. The van der Waals surface area contributed by atoms with E-state index in [1.54, 1.807) is 0 Å². The zero-order chi connectivity index (χ0) is 9.60. The number of nitrogens with one attached hydrogen (secondary N) is 1. The zero-order valence-electron chi connectivity index (χ0n) is 8.66. The predicted octanol–water partition coefficient (Wildman–Crippen LogP) is 1.28. The third-order valence-corrected chi connectivity index (χ3v) is 4.13. The average molecular weight is 191 g/mol. The molecule has 2 aliphatic rings. The van der Waals surface area contributed by atoms with E-state index in [0.717, 1.165) is 6.54 Å². The van der Waals surface area contributed by atoms with Gasteiger partial charge in [-0.25, -0.2) is 0 Å². The van der Waals surface area contributed by atoms with Crippen LogP contribution in [0, 0.1) is 5.41 Å². The molecule has 1 aliphatic carbocycles. The molecule has 3 heteroatoms. The van der Waals surface area contributed by atoms with E-state index in [1.165, 1.54) is 31.5 Å². The van der Waals surface area contributed by atoms with Crippen molar-refractivity contribution in [1.82, 2.24) is 15.1 Å². The first-order valence-electron chi connectivity index (χ1n) is 5.50. The van der Waals surface area contributed by atoms with Gasteiger partial charge in [0, 0.05) is 37.9 Å². The van der Waals surface area contributed by atoms with Crippen LogP contribution in [-0.2, 0) is 7.05 Å². The van der Waals surface area contributed by atoms with E-state index < -0.39 is 0 Å². The van der Waals surface area contributed by atoms with Crippen molar-refractivity contribution in [3.05, 3.63) is 18.0 Å². The lowest BCUT2D eigenvalue weighted by Crippen LogP contribution is -2.36. The molecular weight excluding hydrogens is 174 g/mol. The molecule has 0 bridgehead atoms. The van der Waals surface area contributed by atoms with Gasteiger partial charge in [0.25, 0.3) is 0 Å². The summed E-state index contributed by atoms with van der Waals surface area (Å²) in [7, 11) is 2.06. The van der Waals surface area contributed by atoms with Crippen LogP contribution < -0.4 is 5.32 Å². The molecule has 3 nitrogen and oxygen atoms in total. The van der Waals surface area contributed by atoms with Crippen LogP contribution >= 0.6 is 0 Å². The SMILES string of the molecule is Cn1nccc1[C@H]1CNCC12CCC2. The molecule has 14 heavy (non-hydrogen) atoms. The van der Waals surface area contributed by atoms with Gasteiger partial charge in [-0.15, -0.1) is 0 Å². The van der Waals surface area contributed by atoms with E-state index in [-0.39, 0.29) is 0 Å². The molecule has 2 heterocycles. The van der Waals surface area contributed by atoms with Crippen molar-refractivity contribution in [3.8, 4) is 0 Å². The van der Waals surface area contributed by atoms with Gasteiger partial charge >= 0.3 is 0 Å². The van der Waals surface area contributed by atoms with Crippen LogP contribution in [0.25, 0.3) is 0 Å². The normalized spacial score (nSPS) is 29.4. The largest absolute Gasteiger partial charge is 0.315 e. The van der Waals surface area contributed by atoms with Gasteiger partial charge in [-0.3, -0.25) is 4.68 Å². The highest BCUT2D eigenvalue weighted by Gasteiger charge is 2.48. The number of hydrogen-bond acceptors (Lipinski definition) is 2. The summed E-state index contributed by atoms with van der Waals surface area (Å²) in [4.78, 5) is 0. The van der Waals surface area contributed by atoms with Gasteiger partial charge in [0.15, 0.2) is 0 Å². The Morgan fingerprint density at radius 3 is 3.00 bits per heavy atom.